The lowest BCUT2D eigenvalue weighted by Gasteiger charge is -2.38. The van der Waals surface area contributed by atoms with Gasteiger partial charge in [0.15, 0.2) is 11.7 Å². The predicted molar refractivity (Wildman–Crippen MR) is 153 cm³/mol. The number of guanidine groups is 1. The molecule has 1 aromatic carbocycles. The number of aliphatic imine (C=N–C) groups is 1. The maximum absolute atomic E-state index is 13.8. The number of aliphatic carboxylic acids is 1. The van der Waals surface area contributed by atoms with E-state index in [4.69, 9.17) is 16.2 Å². The van der Waals surface area contributed by atoms with Crippen LogP contribution in [0.2, 0.25) is 0 Å². The Morgan fingerprint density at radius 1 is 0.977 bits per heavy atom. The summed E-state index contributed by atoms with van der Waals surface area (Å²) >= 11 is 0. The van der Waals surface area contributed by atoms with E-state index in [0.717, 1.165) is 0 Å². The molecule has 1 spiro atoms. The molecule has 43 heavy (non-hydrogen) atoms. The number of carbonyl (C=O) groups excluding carboxylic acids is 5. The number of nitrogens with two attached hydrogens (primary N) is 2. The minimum atomic E-state index is -1.47. The summed E-state index contributed by atoms with van der Waals surface area (Å²) in [7, 11) is 0. The van der Waals surface area contributed by atoms with Gasteiger partial charge in [-0.2, -0.15) is 0 Å². The molecule has 1 aromatic rings. The fourth-order valence-electron chi connectivity index (χ4n) is 4.99. The number of Topliss-reactive ketones (excluding diaryl/α,β-unsaturated/α-hetero) is 1. The Morgan fingerprint density at radius 3 is 2.33 bits per heavy atom. The number of nitrogens with one attached hydrogen (secondary N) is 4. The van der Waals surface area contributed by atoms with Gasteiger partial charge in [0, 0.05) is 45.4 Å². The van der Waals surface area contributed by atoms with Crippen molar-refractivity contribution in [2.45, 2.75) is 62.6 Å². The Bertz CT molecular complexity index is 1210. The van der Waals surface area contributed by atoms with Crippen molar-refractivity contribution >= 4 is 41.3 Å². The van der Waals surface area contributed by atoms with Gasteiger partial charge in [-0.3, -0.25) is 33.8 Å². The van der Waals surface area contributed by atoms with E-state index in [9.17, 15) is 33.9 Å². The zero-order valence-electron chi connectivity index (χ0n) is 23.8. The lowest BCUT2D eigenvalue weighted by atomic mass is 9.87. The van der Waals surface area contributed by atoms with E-state index in [1.807, 2.05) is 0 Å². The Labute approximate surface area is 248 Å². The van der Waals surface area contributed by atoms with Gasteiger partial charge in [-0.15, -0.1) is 0 Å². The molecule has 9 N–H and O–H groups in total. The first-order valence-corrected chi connectivity index (χ1v) is 14.1. The smallest absolute Gasteiger partial charge is 0.304 e. The zero-order chi connectivity index (χ0) is 31.4. The Hall–Kier alpha value is -4.53. The van der Waals surface area contributed by atoms with Crippen molar-refractivity contribution in [3.8, 4) is 0 Å². The molecule has 3 rings (SSSR count). The molecule has 4 amide bonds. The number of carboxylic acids is 1. The highest BCUT2D eigenvalue weighted by Gasteiger charge is 2.44. The number of hydrogen-bond donors (Lipinski definition) is 7. The van der Waals surface area contributed by atoms with Crippen LogP contribution in [0.15, 0.2) is 35.3 Å². The summed E-state index contributed by atoms with van der Waals surface area (Å²) in [5, 5.41) is 20.0. The third-order valence-corrected chi connectivity index (χ3v) is 7.35. The van der Waals surface area contributed by atoms with Crippen LogP contribution in [0, 0.1) is 5.92 Å². The van der Waals surface area contributed by atoms with Gasteiger partial charge in [-0.1, -0.05) is 30.3 Å². The van der Waals surface area contributed by atoms with Crippen LogP contribution in [0.25, 0.3) is 0 Å². The maximum atomic E-state index is 13.8. The number of ether oxygens (including phenoxy) is 1. The highest BCUT2D eigenvalue weighted by atomic mass is 16.5. The normalized spacial score (nSPS) is 23.5. The molecule has 0 radical (unpaired) electrons. The number of hydrogen-bond acceptors (Lipinski definition) is 8. The van der Waals surface area contributed by atoms with Crippen LogP contribution in [0.5, 0.6) is 0 Å². The lowest BCUT2D eigenvalue weighted by Crippen LogP contribution is -2.66. The summed E-state index contributed by atoms with van der Waals surface area (Å²) in [6.07, 6.45) is -0.501. The van der Waals surface area contributed by atoms with Crippen molar-refractivity contribution in [1.82, 2.24) is 21.3 Å². The SMILES string of the molecule is NC(N)=NCCC[C@@H]1NC(=O)C2(CCOCC2)NC(=O)[C@@H](Cc2ccccc2)NC(=O)[C@H](CC(=O)O)CC(=O)CNC1=O. The van der Waals surface area contributed by atoms with Gasteiger partial charge in [0.2, 0.25) is 23.6 Å². The molecule has 0 unspecified atom stereocenters. The van der Waals surface area contributed by atoms with Crippen molar-refractivity contribution in [2.75, 3.05) is 26.3 Å². The summed E-state index contributed by atoms with van der Waals surface area (Å²) in [5.41, 5.74) is 9.98. The van der Waals surface area contributed by atoms with E-state index >= 15 is 0 Å². The van der Waals surface area contributed by atoms with Gasteiger partial charge in [0.25, 0.3) is 0 Å². The van der Waals surface area contributed by atoms with Gasteiger partial charge in [0.05, 0.1) is 18.9 Å². The highest BCUT2D eigenvalue weighted by molar-refractivity contribution is 5.99. The van der Waals surface area contributed by atoms with Crippen LogP contribution in [-0.4, -0.2) is 90.4 Å². The first kappa shape index (κ1) is 33.0. The number of benzene rings is 1. The first-order valence-electron chi connectivity index (χ1n) is 14.1. The molecular formula is C28H39N7O8. The van der Waals surface area contributed by atoms with Crippen molar-refractivity contribution in [2.24, 2.45) is 22.4 Å². The molecule has 0 aromatic heterocycles. The van der Waals surface area contributed by atoms with Crippen LogP contribution in [0.1, 0.15) is 44.1 Å². The standard InChI is InChI=1S/C28H39N7O8/c29-27(30)31-10-4-7-20-24(40)32-16-19(36)14-18(15-22(37)38)23(39)33-21(13-17-5-2-1-3-6-17)25(41)35-28(26(42)34-20)8-11-43-12-9-28/h1-3,5-6,18,20-21H,4,7-16H2,(H,32,40)(H,33,39)(H,34,42)(H,35,41)(H,37,38)(H4,29,30,31)/t18-,20-,21+/m0/s1. The number of nitrogens with zero attached hydrogens (tertiary/aromatic N) is 1. The van der Waals surface area contributed by atoms with E-state index in [1.165, 1.54) is 0 Å². The molecule has 2 heterocycles. The fraction of sp³-hybridized carbons (Fsp3) is 0.536. The van der Waals surface area contributed by atoms with Gasteiger partial charge in [-0.05, 0) is 18.4 Å². The predicted octanol–water partition coefficient (Wildman–Crippen LogP) is -1.90. The molecule has 15 heteroatoms. The summed E-state index contributed by atoms with van der Waals surface area (Å²) in [4.78, 5) is 82.2. The van der Waals surface area contributed by atoms with Crippen LogP contribution in [0.3, 0.4) is 0 Å². The van der Waals surface area contributed by atoms with E-state index in [0.29, 0.717) is 12.0 Å². The van der Waals surface area contributed by atoms with Crippen LogP contribution < -0.4 is 32.7 Å². The molecule has 234 valence electrons. The van der Waals surface area contributed by atoms with Gasteiger partial charge >= 0.3 is 5.97 Å². The number of carbonyl (C=O) groups is 6. The fourth-order valence-corrected chi connectivity index (χ4v) is 4.99. The second-order valence-corrected chi connectivity index (χ2v) is 10.7. The second-order valence-electron chi connectivity index (χ2n) is 10.7. The molecule has 0 bridgehead atoms. The van der Waals surface area contributed by atoms with E-state index in [1.54, 1.807) is 30.3 Å². The maximum Gasteiger partial charge on any atom is 0.304 e. The Balaban J connectivity index is 1.98. The van der Waals surface area contributed by atoms with E-state index in [2.05, 4.69) is 26.3 Å². The average Bonchev–Trinajstić information content (AvgIpc) is 2.96. The Kier molecular flexibility index (Phi) is 12.0. The summed E-state index contributed by atoms with van der Waals surface area (Å²) < 4.78 is 5.45. The second kappa shape index (κ2) is 15.6. The van der Waals surface area contributed by atoms with Crippen molar-refractivity contribution in [3.63, 3.8) is 0 Å². The summed E-state index contributed by atoms with van der Waals surface area (Å²) in [6.45, 7) is -0.00549. The third-order valence-electron chi connectivity index (χ3n) is 7.35. The quantitative estimate of drug-likeness (QED) is 0.0991. The van der Waals surface area contributed by atoms with E-state index in [-0.39, 0.29) is 51.4 Å². The summed E-state index contributed by atoms with van der Waals surface area (Å²) in [5.74, 6) is -6.12. The van der Waals surface area contributed by atoms with Gasteiger partial charge < -0.3 is 42.6 Å². The molecule has 15 nitrogen and oxygen atoms in total. The molecular weight excluding hydrogens is 562 g/mol. The first-order chi connectivity index (χ1) is 20.5. The number of amides is 4. The number of carboxylic acid groups (broad SMARTS) is 1. The van der Waals surface area contributed by atoms with Gasteiger partial charge in [-0.25, -0.2) is 0 Å². The molecule has 2 fully saturated rings. The van der Waals surface area contributed by atoms with Crippen LogP contribution >= 0.6 is 0 Å². The van der Waals surface area contributed by atoms with Crippen LogP contribution in [-0.2, 0) is 39.9 Å². The highest BCUT2D eigenvalue weighted by Crippen LogP contribution is 2.23. The van der Waals surface area contributed by atoms with Crippen molar-refractivity contribution in [3.05, 3.63) is 35.9 Å². The lowest BCUT2D eigenvalue weighted by molar-refractivity contribution is -0.143. The minimum Gasteiger partial charge on any atom is -0.481 e. The van der Waals surface area contributed by atoms with Crippen molar-refractivity contribution < 1.29 is 38.6 Å². The molecule has 0 saturated carbocycles. The Morgan fingerprint density at radius 2 is 1.67 bits per heavy atom. The molecule has 3 atom stereocenters. The molecule has 0 aliphatic carbocycles. The average molecular weight is 602 g/mol. The molecule has 2 aliphatic rings. The largest absolute Gasteiger partial charge is 0.481 e. The number of rotatable bonds is 8. The monoisotopic (exact) mass is 601 g/mol. The van der Waals surface area contributed by atoms with E-state index < -0.39 is 78.3 Å². The summed E-state index contributed by atoms with van der Waals surface area (Å²) in [6, 6.07) is 6.52. The zero-order valence-corrected chi connectivity index (χ0v) is 23.8. The van der Waals surface area contributed by atoms with Gasteiger partial charge in [0.1, 0.15) is 17.6 Å². The topological polar surface area (TPSA) is 244 Å². The number of ketones is 1. The van der Waals surface area contributed by atoms with Crippen LogP contribution in [0.4, 0.5) is 0 Å². The molecule has 2 saturated heterocycles. The minimum absolute atomic E-state index is 0.0355. The van der Waals surface area contributed by atoms with Crippen molar-refractivity contribution in [1.29, 1.82) is 0 Å². The molecule has 2 aliphatic heterocycles. The third kappa shape index (κ3) is 10.1.